The van der Waals surface area contributed by atoms with Crippen molar-refractivity contribution in [2.24, 2.45) is 0 Å². The van der Waals surface area contributed by atoms with Gasteiger partial charge in [-0.3, -0.25) is 9.59 Å². The van der Waals surface area contributed by atoms with Crippen LogP contribution in [0, 0.1) is 0 Å². The zero-order valence-electron chi connectivity index (χ0n) is 8.90. The number of rotatable bonds is 3. The molecule has 86 valence electrons. The Morgan fingerprint density at radius 3 is 2.25 bits per heavy atom. The van der Waals surface area contributed by atoms with Crippen LogP contribution in [0.5, 0.6) is 5.75 Å². The first-order valence-corrected chi connectivity index (χ1v) is 5.46. The van der Waals surface area contributed by atoms with Crippen molar-refractivity contribution in [3.8, 4) is 5.75 Å². The molecule has 0 radical (unpaired) electrons. The fourth-order valence-corrected chi connectivity index (χ4v) is 1.60. The molecule has 0 heterocycles. The molecule has 0 bridgehead atoms. The van der Waals surface area contributed by atoms with Gasteiger partial charge in [-0.25, -0.2) is 0 Å². The lowest BCUT2D eigenvalue weighted by Gasteiger charge is -2.08. The molecule has 1 atom stereocenters. The third-order valence-electron chi connectivity index (χ3n) is 1.84. The van der Waals surface area contributed by atoms with E-state index in [2.05, 4.69) is 20.7 Å². The average molecular weight is 287 g/mol. The Hall–Kier alpha value is -1.36. The number of hydrogen-bond acceptors (Lipinski definition) is 4. The lowest BCUT2D eigenvalue weighted by atomic mass is 10.1. The number of methoxy groups -OCH3 is 1. The lowest BCUT2D eigenvalue weighted by Crippen LogP contribution is -2.08. The van der Waals surface area contributed by atoms with Crippen molar-refractivity contribution in [3.63, 3.8) is 0 Å². The molecular formula is C11H11BrO4. The second-order valence-corrected chi connectivity index (χ2v) is 3.96. The van der Waals surface area contributed by atoms with E-state index in [1.165, 1.54) is 14.0 Å². The minimum atomic E-state index is -0.510. The van der Waals surface area contributed by atoms with Gasteiger partial charge in [0.2, 0.25) is 0 Å². The zero-order chi connectivity index (χ0) is 12.1. The van der Waals surface area contributed by atoms with Crippen LogP contribution in [0.4, 0.5) is 0 Å². The Morgan fingerprint density at radius 2 is 1.81 bits per heavy atom. The molecule has 1 rings (SSSR count). The number of ether oxygens (including phenoxy) is 2. The molecule has 5 heteroatoms. The third kappa shape index (κ3) is 3.34. The predicted molar refractivity (Wildman–Crippen MR) is 61.4 cm³/mol. The van der Waals surface area contributed by atoms with Crippen LogP contribution in [0.2, 0.25) is 0 Å². The van der Waals surface area contributed by atoms with Crippen LogP contribution in [-0.4, -0.2) is 19.0 Å². The molecule has 1 aromatic rings. The number of carbonyl (C=O) groups is 2. The summed E-state index contributed by atoms with van der Waals surface area (Å²) in [5.74, 6) is -0.308. The van der Waals surface area contributed by atoms with Gasteiger partial charge in [0.15, 0.2) is 0 Å². The van der Waals surface area contributed by atoms with Crippen LogP contribution in [0.1, 0.15) is 17.3 Å². The number of alkyl halides is 1. The number of benzene rings is 1. The standard InChI is InChI=1S/C11H11BrO4/c1-7(13)16-9-5-3-8(4-6-9)10(12)11(14)15-2/h3-6,10H,1-2H3. The first-order chi connectivity index (χ1) is 7.54. The smallest absolute Gasteiger partial charge is 0.323 e. The molecule has 0 fully saturated rings. The molecule has 0 aliphatic heterocycles. The van der Waals surface area contributed by atoms with Crippen molar-refractivity contribution in [1.29, 1.82) is 0 Å². The van der Waals surface area contributed by atoms with Crippen molar-refractivity contribution in [2.45, 2.75) is 11.8 Å². The monoisotopic (exact) mass is 286 g/mol. The van der Waals surface area contributed by atoms with E-state index in [1.807, 2.05) is 0 Å². The van der Waals surface area contributed by atoms with Gasteiger partial charge >= 0.3 is 11.9 Å². The van der Waals surface area contributed by atoms with Crippen molar-refractivity contribution in [3.05, 3.63) is 29.8 Å². The van der Waals surface area contributed by atoms with Crippen LogP contribution < -0.4 is 4.74 Å². The molecule has 1 unspecified atom stereocenters. The highest BCUT2D eigenvalue weighted by Gasteiger charge is 2.17. The summed E-state index contributed by atoms with van der Waals surface area (Å²) in [4.78, 5) is 21.4. The molecule has 0 aromatic heterocycles. The third-order valence-corrected chi connectivity index (χ3v) is 2.74. The molecular weight excluding hydrogens is 276 g/mol. The quantitative estimate of drug-likeness (QED) is 0.486. The van der Waals surface area contributed by atoms with Crippen LogP contribution in [0.3, 0.4) is 0 Å². The van der Waals surface area contributed by atoms with Crippen LogP contribution in [0.15, 0.2) is 24.3 Å². The van der Waals surface area contributed by atoms with E-state index in [-0.39, 0.29) is 11.9 Å². The largest absolute Gasteiger partial charge is 0.468 e. The Labute approximate surface area is 102 Å². The van der Waals surface area contributed by atoms with Gasteiger partial charge in [0, 0.05) is 6.92 Å². The van der Waals surface area contributed by atoms with Crippen molar-refractivity contribution >= 4 is 27.9 Å². The molecule has 0 spiro atoms. The molecule has 0 saturated heterocycles. The number of hydrogen-bond donors (Lipinski definition) is 0. The Morgan fingerprint density at radius 1 is 1.25 bits per heavy atom. The number of carbonyl (C=O) groups excluding carboxylic acids is 2. The summed E-state index contributed by atoms with van der Waals surface area (Å²) < 4.78 is 9.46. The lowest BCUT2D eigenvalue weighted by molar-refractivity contribution is -0.140. The Kier molecular flexibility index (Phi) is 4.49. The molecule has 0 N–H and O–H groups in total. The van der Waals surface area contributed by atoms with E-state index in [9.17, 15) is 9.59 Å². The van der Waals surface area contributed by atoms with E-state index >= 15 is 0 Å². The number of esters is 2. The normalized spacial score (nSPS) is 11.7. The van der Waals surface area contributed by atoms with E-state index in [0.29, 0.717) is 5.75 Å². The maximum absolute atomic E-state index is 11.2. The van der Waals surface area contributed by atoms with E-state index in [0.717, 1.165) is 5.56 Å². The Balaban J connectivity index is 2.78. The SMILES string of the molecule is COC(=O)C(Br)c1ccc(OC(C)=O)cc1. The highest BCUT2D eigenvalue weighted by Crippen LogP contribution is 2.25. The first kappa shape index (κ1) is 12.7. The summed E-state index contributed by atoms with van der Waals surface area (Å²) in [6, 6.07) is 6.62. The van der Waals surface area contributed by atoms with Gasteiger partial charge in [-0.05, 0) is 17.7 Å². The summed E-state index contributed by atoms with van der Waals surface area (Å²) in [5, 5.41) is 0. The van der Waals surface area contributed by atoms with Crippen LogP contribution in [-0.2, 0) is 14.3 Å². The summed E-state index contributed by atoms with van der Waals surface area (Å²) >= 11 is 3.20. The molecule has 16 heavy (non-hydrogen) atoms. The average Bonchev–Trinajstić information content (AvgIpc) is 2.27. The van der Waals surface area contributed by atoms with Gasteiger partial charge in [0.05, 0.1) is 7.11 Å². The van der Waals surface area contributed by atoms with Crippen molar-refractivity contribution < 1.29 is 19.1 Å². The van der Waals surface area contributed by atoms with Gasteiger partial charge in [0.1, 0.15) is 10.6 Å². The maximum Gasteiger partial charge on any atom is 0.323 e. The highest BCUT2D eigenvalue weighted by atomic mass is 79.9. The van der Waals surface area contributed by atoms with Crippen LogP contribution in [0.25, 0.3) is 0 Å². The Bertz CT molecular complexity index is 385. The van der Waals surface area contributed by atoms with Gasteiger partial charge in [-0.1, -0.05) is 28.1 Å². The summed E-state index contributed by atoms with van der Waals surface area (Å²) in [6.07, 6.45) is 0. The first-order valence-electron chi connectivity index (χ1n) is 4.55. The second kappa shape index (κ2) is 5.65. The molecule has 1 aromatic carbocycles. The second-order valence-electron chi connectivity index (χ2n) is 3.05. The molecule has 0 aliphatic rings. The van der Waals surface area contributed by atoms with E-state index < -0.39 is 4.83 Å². The molecule has 4 nitrogen and oxygen atoms in total. The molecule has 0 amide bonds. The van der Waals surface area contributed by atoms with Gasteiger partial charge in [-0.2, -0.15) is 0 Å². The number of halogens is 1. The maximum atomic E-state index is 11.2. The summed E-state index contributed by atoms with van der Waals surface area (Å²) in [7, 11) is 1.32. The fourth-order valence-electron chi connectivity index (χ4n) is 1.11. The van der Waals surface area contributed by atoms with Gasteiger partial charge in [-0.15, -0.1) is 0 Å². The zero-order valence-corrected chi connectivity index (χ0v) is 10.5. The fraction of sp³-hybridized carbons (Fsp3) is 0.273. The van der Waals surface area contributed by atoms with Crippen molar-refractivity contribution in [1.82, 2.24) is 0 Å². The van der Waals surface area contributed by atoms with Crippen molar-refractivity contribution in [2.75, 3.05) is 7.11 Å². The van der Waals surface area contributed by atoms with Crippen LogP contribution >= 0.6 is 15.9 Å². The topological polar surface area (TPSA) is 52.6 Å². The highest BCUT2D eigenvalue weighted by molar-refractivity contribution is 9.09. The van der Waals surface area contributed by atoms with E-state index in [1.54, 1.807) is 24.3 Å². The minimum Gasteiger partial charge on any atom is -0.468 e. The summed E-state index contributed by atoms with van der Waals surface area (Å²) in [6.45, 7) is 1.33. The minimum absolute atomic E-state index is 0.375. The summed E-state index contributed by atoms with van der Waals surface area (Å²) in [5.41, 5.74) is 0.739. The predicted octanol–water partition coefficient (Wildman–Crippen LogP) is 2.22. The van der Waals surface area contributed by atoms with E-state index in [4.69, 9.17) is 4.74 Å². The van der Waals surface area contributed by atoms with Gasteiger partial charge in [0.25, 0.3) is 0 Å². The molecule has 0 saturated carbocycles. The van der Waals surface area contributed by atoms with Gasteiger partial charge < -0.3 is 9.47 Å². The molecule has 0 aliphatic carbocycles.